The predicted octanol–water partition coefficient (Wildman–Crippen LogP) is 4.12. The fraction of sp³-hybridized carbons (Fsp3) is 0.611. The Morgan fingerprint density at radius 3 is 2.24 bits per heavy atom. The van der Waals surface area contributed by atoms with E-state index in [1.54, 1.807) is 0 Å². The lowest BCUT2D eigenvalue weighted by atomic mass is 9.98. The van der Waals surface area contributed by atoms with Crippen LogP contribution < -0.4 is 4.74 Å². The van der Waals surface area contributed by atoms with E-state index in [4.69, 9.17) is 4.74 Å². The number of carbonyl (C=O) groups is 1. The summed E-state index contributed by atoms with van der Waals surface area (Å²) in [7, 11) is 0. The standard InChI is InChI=1S/C18H29NO2/c1-7-19(8-2)12-17(20)16-11-15(13(3)4)9-10-18(16)21-14(5)6/h9-11,13-14H,7-8,12H2,1-6H3. The molecule has 0 N–H and O–H groups in total. The lowest BCUT2D eigenvalue weighted by molar-refractivity contribution is 0.0931. The van der Waals surface area contributed by atoms with E-state index in [1.807, 2.05) is 26.0 Å². The van der Waals surface area contributed by atoms with Gasteiger partial charge in [0, 0.05) is 0 Å². The minimum atomic E-state index is 0.0647. The third-order valence-corrected chi connectivity index (χ3v) is 3.60. The van der Waals surface area contributed by atoms with E-state index < -0.39 is 0 Å². The molecule has 0 aliphatic rings. The number of hydrogen-bond acceptors (Lipinski definition) is 3. The van der Waals surface area contributed by atoms with Crippen LogP contribution in [0.25, 0.3) is 0 Å². The molecule has 0 unspecified atom stereocenters. The number of likely N-dealkylation sites (N-methyl/N-ethyl adjacent to an activating group) is 1. The van der Waals surface area contributed by atoms with E-state index in [9.17, 15) is 4.79 Å². The maximum absolute atomic E-state index is 12.6. The average molecular weight is 291 g/mol. The SMILES string of the molecule is CCN(CC)CC(=O)c1cc(C(C)C)ccc1OC(C)C. The van der Waals surface area contributed by atoms with Crippen molar-refractivity contribution in [2.75, 3.05) is 19.6 Å². The molecule has 3 heteroatoms. The molecule has 0 atom stereocenters. The number of benzene rings is 1. The number of rotatable bonds is 8. The first-order chi connectivity index (χ1) is 9.88. The molecule has 0 fully saturated rings. The Morgan fingerprint density at radius 2 is 1.76 bits per heavy atom. The Hall–Kier alpha value is -1.35. The maximum atomic E-state index is 12.6. The van der Waals surface area contributed by atoms with Crippen LogP contribution in [-0.2, 0) is 0 Å². The summed E-state index contributed by atoms with van der Waals surface area (Å²) < 4.78 is 5.81. The Morgan fingerprint density at radius 1 is 1.14 bits per heavy atom. The van der Waals surface area contributed by atoms with Crippen molar-refractivity contribution < 1.29 is 9.53 Å². The fourth-order valence-corrected chi connectivity index (χ4v) is 2.22. The van der Waals surface area contributed by atoms with Gasteiger partial charge in [0.15, 0.2) is 5.78 Å². The van der Waals surface area contributed by atoms with Crippen LogP contribution in [-0.4, -0.2) is 36.4 Å². The topological polar surface area (TPSA) is 29.5 Å². The van der Waals surface area contributed by atoms with Crippen LogP contribution >= 0.6 is 0 Å². The first-order valence-corrected chi connectivity index (χ1v) is 7.95. The summed E-state index contributed by atoms with van der Waals surface area (Å²) in [6, 6.07) is 5.98. The third-order valence-electron chi connectivity index (χ3n) is 3.60. The van der Waals surface area contributed by atoms with Gasteiger partial charge >= 0.3 is 0 Å². The zero-order valence-corrected chi connectivity index (χ0v) is 14.3. The van der Waals surface area contributed by atoms with Gasteiger partial charge in [-0.25, -0.2) is 0 Å². The molecule has 0 amide bonds. The molecule has 0 aromatic heterocycles. The van der Waals surface area contributed by atoms with Gasteiger partial charge in [-0.2, -0.15) is 0 Å². The van der Waals surface area contributed by atoms with Gasteiger partial charge in [-0.3, -0.25) is 9.69 Å². The molecule has 3 nitrogen and oxygen atoms in total. The molecule has 0 heterocycles. The Kier molecular flexibility index (Phi) is 6.90. The quantitative estimate of drug-likeness (QED) is 0.675. The molecule has 1 aromatic rings. The van der Waals surface area contributed by atoms with Crippen LogP contribution in [0.2, 0.25) is 0 Å². The Bertz CT molecular complexity index is 462. The first-order valence-electron chi connectivity index (χ1n) is 7.95. The first kappa shape index (κ1) is 17.7. The van der Waals surface area contributed by atoms with Crippen molar-refractivity contribution in [1.29, 1.82) is 0 Å². The van der Waals surface area contributed by atoms with E-state index in [0.717, 1.165) is 13.1 Å². The van der Waals surface area contributed by atoms with E-state index in [0.29, 0.717) is 23.8 Å². The number of ketones is 1. The molecule has 0 radical (unpaired) electrons. The summed E-state index contributed by atoms with van der Waals surface area (Å²) in [5.41, 5.74) is 1.89. The van der Waals surface area contributed by atoms with E-state index >= 15 is 0 Å². The van der Waals surface area contributed by atoms with Gasteiger partial charge in [0.1, 0.15) is 5.75 Å². The Balaban J connectivity index is 3.09. The van der Waals surface area contributed by atoms with E-state index in [1.165, 1.54) is 5.56 Å². The molecule has 1 aromatic carbocycles. The number of hydrogen-bond donors (Lipinski definition) is 0. The molecule has 1 rings (SSSR count). The van der Waals surface area contributed by atoms with Crippen LogP contribution in [0.15, 0.2) is 18.2 Å². The molecule has 21 heavy (non-hydrogen) atoms. The summed E-state index contributed by atoms with van der Waals surface area (Å²) in [6.45, 7) is 14.6. The van der Waals surface area contributed by atoms with Crippen molar-refractivity contribution in [2.45, 2.75) is 53.6 Å². The summed E-state index contributed by atoms with van der Waals surface area (Å²) in [6.07, 6.45) is 0.0647. The van der Waals surface area contributed by atoms with Crippen molar-refractivity contribution >= 4 is 5.78 Å². The van der Waals surface area contributed by atoms with Gasteiger partial charge in [-0.15, -0.1) is 0 Å². The van der Waals surface area contributed by atoms with Crippen LogP contribution in [0.5, 0.6) is 5.75 Å². The molecule has 0 spiro atoms. The van der Waals surface area contributed by atoms with Crippen molar-refractivity contribution in [3.05, 3.63) is 29.3 Å². The molecule has 0 aliphatic heterocycles. The van der Waals surface area contributed by atoms with Gasteiger partial charge < -0.3 is 4.74 Å². The Labute approximate surface area is 129 Å². The molecule has 0 aliphatic carbocycles. The van der Waals surface area contributed by atoms with Crippen LogP contribution in [0.4, 0.5) is 0 Å². The highest BCUT2D eigenvalue weighted by atomic mass is 16.5. The molecule has 0 saturated heterocycles. The number of carbonyl (C=O) groups excluding carboxylic acids is 1. The fourth-order valence-electron chi connectivity index (χ4n) is 2.22. The molecule has 118 valence electrons. The predicted molar refractivity (Wildman–Crippen MR) is 88.4 cm³/mol. The van der Waals surface area contributed by atoms with Crippen LogP contribution in [0, 0.1) is 0 Å². The smallest absolute Gasteiger partial charge is 0.180 e. The molecule has 0 saturated carbocycles. The molecule has 0 bridgehead atoms. The minimum absolute atomic E-state index is 0.0647. The summed E-state index contributed by atoms with van der Waals surface area (Å²) in [5.74, 6) is 1.24. The van der Waals surface area contributed by atoms with Crippen LogP contribution in [0.3, 0.4) is 0 Å². The third kappa shape index (κ3) is 5.16. The van der Waals surface area contributed by atoms with Gasteiger partial charge in [-0.05, 0) is 50.6 Å². The second-order valence-corrected chi connectivity index (χ2v) is 5.96. The summed E-state index contributed by atoms with van der Waals surface area (Å²) >= 11 is 0. The maximum Gasteiger partial charge on any atom is 0.180 e. The average Bonchev–Trinajstić information content (AvgIpc) is 2.43. The highest BCUT2D eigenvalue weighted by Gasteiger charge is 2.17. The monoisotopic (exact) mass is 291 g/mol. The second-order valence-electron chi connectivity index (χ2n) is 5.96. The van der Waals surface area contributed by atoms with Crippen molar-refractivity contribution in [1.82, 2.24) is 4.90 Å². The highest BCUT2D eigenvalue weighted by molar-refractivity contribution is 6.00. The van der Waals surface area contributed by atoms with Crippen LogP contribution in [0.1, 0.15) is 63.4 Å². The number of nitrogens with zero attached hydrogens (tertiary/aromatic N) is 1. The van der Waals surface area contributed by atoms with E-state index in [2.05, 4.69) is 38.7 Å². The zero-order chi connectivity index (χ0) is 16.0. The van der Waals surface area contributed by atoms with Gasteiger partial charge in [0.2, 0.25) is 0 Å². The van der Waals surface area contributed by atoms with Crippen molar-refractivity contribution in [2.24, 2.45) is 0 Å². The van der Waals surface area contributed by atoms with Crippen molar-refractivity contribution in [3.63, 3.8) is 0 Å². The summed E-state index contributed by atoms with van der Waals surface area (Å²) in [5, 5.41) is 0. The number of ether oxygens (including phenoxy) is 1. The number of Topliss-reactive ketones (excluding diaryl/α,β-unsaturated/α-hetero) is 1. The second kappa shape index (κ2) is 8.18. The van der Waals surface area contributed by atoms with Gasteiger partial charge in [-0.1, -0.05) is 33.8 Å². The zero-order valence-electron chi connectivity index (χ0n) is 14.3. The molecular formula is C18H29NO2. The van der Waals surface area contributed by atoms with Gasteiger partial charge in [0.25, 0.3) is 0 Å². The molecular weight excluding hydrogens is 262 g/mol. The highest BCUT2D eigenvalue weighted by Crippen LogP contribution is 2.26. The van der Waals surface area contributed by atoms with Crippen molar-refractivity contribution in [3.8, 4) is 5.75 Å². The lowest BCUT2D eigenvalue weighted by Crippen LogP contribution is -2.30. The minimum Gasteiger partial charge on any atom is -0.490 e. The normalized spacial score (nSPS) is 11.5. The largest absolute Gasteiger partial charge is 0.490 e. The van der Waals surface area contributed by atoms with Gasteiger partial charge in [0.05, 0.1) is 18.2 Å². The lowest BCUT2D eigenvalue weighted by Gasteiger charge is -2.20. The van der Waals surface area contributed by atoms with E-state index in [-0.39, 0.29) is 11.9 Å². The summed E-state index contributed by atoms with van der Waals surface area (Å²) in [4.78, 5) is 14.8.